The molecule has 1 aromatic heterocycles. The molecule has 0 aliphatic carbocycles. The Balaban J connectivity index is 1.44. The van der Waals surface area contributed by atoms with E-state index in [-0.39, 0.29) is 25.6 Å². The second-order valence-electron chi connectivity index (χ2n) is 5.43. The maximum Gasteiger partial charge on any atom is 0.240 e. The number of rotatable bonds is 6. The second kappa shape index (κ2) is 8.58. The molecule has 0 aliphatic heterocycles. The van der Waals surface area contributed by atoms with E-state index in [0.29, 0.717) is 11.5 Å². The van der Waals surface area contributed by atoms with Crippen LogP contribution in [0.1, 0.15) is 0 Å². The van der Waals surface area contributed by atoms with Crippen LogP contribution in [0.4, 0.5) is 0 Å². The highest BCUT2D eigenvalue weighted by molar-refractivity contribution is 5.80. The molecule has 0 radical (unpaired) electrons. The van der Waals surface area contributed by atoms with Crippen LogP contribution in [0, 0.1) is 11.8 Å². The van der Waals surface area contributed by atoms with E-state index in [1.54, 1.807) is 13.4 Å². The summed E-state index contributed by atoms with van der Waals surface area (Å²) >= 11 is 0. The number of amides is 1. The van der Waals surface area contributed by atoms with Gasteiger partial charge in [-0.15, -0.1) is 0 Å². The molecule has 3 rings (SSSR count). The van der Waals surface area contributed by atoms with Crippen LogP contribution in [0.2, 0.25) is 0 Å². The zero-order valence-electron chi connectivity index (χ0n) is 14.4. The molecule has 1 N–H and O–H groups in total. The van der Waals surface area contributed by atoms with Crippen LogP contribution >= 0.6 is 0 Å². The fraction of sp³-hybridized carbons (Fsp3) is 0.200. The number of para-hydroxylation sites is 4. The number of aromatic nitrogens is 2. The fourth-order valence-corrected chi connectivity index (χ4v) is 2.46. The van der Waals surface area contributed by atoms with Crippen molar-refractivity contribution in [2.45, 2.75) is 6.54 Å². The van der Waals surface area contributed by atoms with Gasteiger partial charge in [0.15, 0.2) is 11.5 Å². The lowest BCUT2D eigenvalue weighted by Crippen LogP contribution is -2.27. The Bertz CT molecular complexity index is 953. The van der Waals surface area contributed by atoms with Gasteiger partial charge in [0.25, 0.3) is 0 Å². The summed E-state index contributed by atoms with van der Waals surface area (Å²) < 4.78 is 12.6. The van der Waals surface area contributed by atoms with Gasteiger partial charge in [-0.25, -0.2) is 4.98 Å². The number of methoxy groups -OCH3 is 1. The van der Waals surface area contributed by atoms with E-state index in [4.69, 9.17) is 9.47 Å². The van der Waals surface area contributed by atoms with Gasteiger partial charge in [-0.2, -0.15) is 0 Å². The van der Waals surface area contributed by atoms with Gasteiger partial charge in [-0.1, -0.05) is 36.1 Å². The Morgan fingerprint density at radius 3 is 2.73 bits per heavy atom. The van der Waals surface area contributed by atoms with Gasteiger partial charge in [0.2, 0.25) is 5.91 Å². The summed E-state index contributed by atoms with van der Waals surface area (Å²) in [5, 5.41) is 2.77. The lowest BCUT2D eigenvalue weighted by atomic mass is 10.3. The third-order valence-electron chi connectivity index (χ3n) is 3.71. The van der Waals surface area contributed by atoms with Gasteiger partial charge in [-0.05, 0) is 24.3 Å². The highest BCUT2D eigenvalue weighted by Gasteiger charge is 2.05. The normalized spacial score (nSPS) is 10.0. The molecule has 1 amide bonds. The summed E-state index contributed by atoms with van der Waals surface area (Å²) in [6, 6.07) is 15.1. The van der Waals surface area contributed by atoms with Gasteiger partial charge in [-0.3, -0.25) is 4.79 Å². The average molecular weight is 349 g/mol. The van der Waals surface area contributed by atoms with E-state index in [9.17, 15) is 4.79 Å². The third kappa shape index (κ3) is 4.33. The summed E-state index contributed by atoms with van der Waals surface area (Å²) in [6.07, 6.45) is 1.66. The molecule has 0 aliphatic rings. The Morgan fingerprint density at radius 2 is 1.88 bits per heavy atom. The van der Waals surface area contributed by atoms with Gasteiger partial charge >= 0.3 is 0 Å². The minimum Gasteiger partial charge on any atom is -0.493 e. The molecule has 2 aromatic carbocycles. The van der Waals surface area contributed by atoms with E-state index in [0.717, 1.165) is 11.0 Å². The molecule has 6 heteroatoms. The topological polar surface area (TPSA) is 65.4 Å². The number of carbonyl (C=O) groups excluding carboxylic acids is 1. The Kier molecular flexibility index (Phi) is 5.73. The SMILES string of the molecule is COc1ccccc1OCC#CCNC(=O)Cn1cnc2ccccc21. The predicted molar refractivity (Wildman–Crippen MR) is 99.0 cm³/mol. The van der Waals surface area contributed by atoms with E-state index >= 15 is 0 Å². The molecule has 0 bridgehead atoms. The van der Waals surface area contributed by atoms with Crippen molar-refractivity contribution in [3.63, 3.8) is 0 Å². The molecule has 0 fully saturated rings. The number of benzene rings is 2. The van der Waals surface area contributed by atoms with E-state index in [1.807, 2.05) is 53.1 Å². The third-order valence-corrected chi connectivity index (χ3v) is 3.71. The average Bonchev–Trinajstić information content (AvgIpc) is 3.08. The van der Waals surface area contributed by atoms with Crippen molar-refractivity contribution in [1.29, 1.82) is 0 Å². The quantitative estimate of drug-likeness (QED) is 0.693. The van der Waals surface area contributed by atoms with Crippen molar-refractivity contribution in [1.82, 2.24) is 14.9 Å². The lowest BCUT2D eigenvalue weighted by molar-refractivity contribution is -0.121. The first-order valence-electron chi connectivity index (χ1n) is 8.16. The number of carbonyl (C=O) groups is 1. The highest BCUT2D eigenvalue weighted by Crippen LogP contribution is 2.25. The van der Waals surface area contributed by atoms with Crippen LogP contribution in [0.3, 0.4) is 0 Å². The van der Waals surface area contributed by atoms with Gasteiger partial charge in [0.1, 0.15) is 13.2 Å². The van der Waals surface area contributed by atoms with Crippen molar-refractivity contribution in [2.75, 3.05) is 20.3 Å². The standard InChI is InChI=1S/C20H19N3O3/c1-25-18-10-4-5-11-19(18)26-13-7-6-12-21-20(24)14-23-15-22-16-8-2-3-9-17(16)23/h2-5,8-11,15H,12-14H2,1H3,(H,21,24). The molecule has 0 unspecified atom stereocenters. The molecule has 0 spiro atoms. The second-order valence-corrected chi connectivity index (χ2v) is 5.43. The largest absolute Gasteiger partial charge is 0.493 e. The van der Waals surface area contributed by atoms with Crippen molar-refractivity contribution < 1.29 is 14.3 Å². The smallest absolute Gasteiger partial charge is 0.240 e. The minimum atomic E-state index is -0.117. The zero-order chi connectivity index (χ0) is 18.2. The van der Waals surface area contributed by atoms with Crippen molar-refractivity contribution in [3.05, 3.63) is 54.9 Å². The molecule has 0 saturated heterocycles. The highest BCUT2D eigenvalue weighted by atomic mass is 16.5. The van der Waals surface area contributed by atoms with Crippen LogP contribution in [-0.2, 0) is 11.3 Å². The molecular formula is C20H19N3O3. The maximum atomic E-state index is 12.0. The molecule has 132 valence electrons. The van der Waals surface area contributed by atoms with Crippen LogP contribution in [0.5, 0.6) is 11.5 Å². The number of nitrogens with zero attached hydrogens (tertiary/aromatic N) is 2. The Hall–Kier alpha value is -3.46. The van der Waals surface area contributed by atoms with E-state index in [2.05, 4.69) is 22.1 Å². The fourth-order valence-electron chi connectivity index (χ4n) is 2.46. The summed E-state index contributed by atoms with van der Waals surface area (Å²) in [5.74, 6) is 6.92. The summed E-state index contributed by atoms with van der Waals surface area (Å²) in [6.45, 7) is 0.697. The van der Waals surface area contributed by atoms with Crippen molar-refractivity contribution in [3.8, 4) is 23.3 Å². The summed E-state index contributed by atoms with van der Waals surface area (Å²) in [4.78, 5) is 16.3. The molecular weight excluding hydrogens is 330 g/mol. The van der Waals surface area contributed by atoms with Crippen molar-refractivity contribution >= 4 is 16.9 Å². The van der Waals surface area contributed by atoms with E-state index < -0.39 is 0 Å². The number of ether oxygens (including phenoxy) is 2. The Morgan fingerprint density at radius 1 is 1.12 bits per heavy atom. The molecule has 0 saturated carbocycles. The zero-order valence-corrected chi connectivity index (χ0v) is 14.4. The van der Waals surface area contributed by atoms with Gasteiger partial charge in [0.05, 0.1) is 31.0 Å². The number of fused-ring (bicyclic) bond motifs is 1. The lowest BCUT2D eigenvalue weighted by Gasteiger charge is -2.07. The molecule has 6 nitrogen and oxygen atoms in total. The Labute approximate surface area is 151 Å². The first kappa shape index (κ1) is 17.4. The van der Waals surface area contributed by atoms with Gasteiger partial charge < -0.3 is 19.4 Å². The number of nitrogens with one attached hydrogen (secondary N) is 1. The first-order chi connectivity index (χ1) is 12.8. The predicted octanol–water partition coefficient (Wildman–Crippen LogP) is 2.24. The summed E-state index contributed by atoms with van der Waals surface area (Å²) in [7, 11) is 1.59. The molecule has 26 heavy (non-hydrogen) atoms. The monoisotopic (exact) mass is 349 g/mol. The van der Waals surface area contributed by atoms with Crippen LogP contribution in [0.25, 0.3) is 11.0 Å². The number of hydrogen-bond acceptors (Lipinski definition) is 4. The van der Waals surface area contributed by atoms with Gasteiger partial charge in [0, 0.05) is 0 Å². The van der Waals surface area contributed by atoms with E-state index in [1.165, 1.54) is 0 Å². The van der Waals surface area contributed by atoms with Crippen LogP contribution in [-0.4, -0.2) is 35.7 Å². The van der Waals surface area contributed by atoms with Crippen LogP contribution < -0.4 is 14.8 Å². The molecule has 0 atom stereocenters. The van der Waals surface area contributed by atoms with Crippen molar-refractivity contribution in [2.24, 2.45) is 0 Å². The minimum absolute atomic E-state index is 0.117. The number of hydrogen-bond donors (Lipinski definition) is 1. The van der Waals surface area contributed by atoms with Crippen LogP contribution in [0.15, 0.2) is 54.9 Å². The summed E-state index contributed by atoms with van der Waals surface area (Å²) in [5.41, 5.74) is 1.80. The molecule has 1 heterocycles. The molecule has 3 aromatic rings. The maximum absolute atomic E-state index is 12.0. The number of imidazole rings is 1. The first-order valence-corrected chi connectivity index (χ1v) is 8.16.